The minimum atomic E-state index is 0.000849. The van der Waals surface area contributed by atoms with Gasteiger partial charge in [0.25, 0.3) is 0 Å². The molecule has 0 N–H and O–H groups in total. The summed E-state index contributed by atoms with van der Waals surface area (Å²) in [6.45, 7) is 7.14. The van der Waals surface area contributed by atoms with Crippen LogP contribution in [0.25, 0.3) is 0 Å². The van der Waals surface area contributed by atoms with E-state index in [9.17, 15) is 4.79 Å². The third-order valence-corrected chi connectivity index (χ3v) is 5.92. The number of likely N-dealkylation sites (tertiary alicyclic amines) is 1. The van der Waals surface area contributed by atoms with Crippen molar-refractivity contribution in [3.63, 3.8) is 0 Å². The lowest BCUT2D eigenvalue weighted by atomic mass is 9.89. The van der Waals surface area contributed by atoms with Crippen molar-refractivity contribution < 1.29 is 14.3 Å². The molecule has 2 aromatic carbocycles. The monoisotopic (exact) mass is 448 g/mol. The number of piperidine rings is 1. The van der Waals surface area contributed by atoms with Gasteiger partial charge in [-0.3, -0.25) is 9.69 Å². The molecular formula is C26H32N4O3. The van der Waals surface area contributed by atoms with Crippen molar-refractivity contribution in [1.29, 1.82) is 0 Å². The molecule has 7 heteroatoms. The molecule has 33 heavy (non-hydrogen) atoms. The highest BCUT2D eigenvalue weighted by Gasteiger charge is 2.27. The van der Waals surface area contributed by atoms with Gasteiger partial charge in [-0.05, 0) is 63.1 Å². The fourth-order valence-electron chi connectivity index (χ4n) is 4.44. The quantitative estimate of drug-likeness (QED) is 0.457. The second kappa shape index (κ2) is 10.6. The summed E-state index contributed by atoms with van der Waals surface area (Å²) in [6, 6.07) is 13.9. The fraction of sp³-hybridized carbons (Fsp3) is 0.423. The minimum Gasteiger partial charge on any atom is -0.496 e. The SMILES string of the molecule is COc1ccc(CN2CCC[C@H](C(=O)c3cccc(OC(C)C)c3)C2)cc1Cn1cncn1. The van der Waals surface area contributed by atoms with Crippen LogP contribution in [0.4, 0.5) is 0 Å². The average molecular weight is 449 g/mol. The first-order valence-corrected chi connectivity index (χ1v) is 11.5. The Bertz CT molecular complexity index is 1070. The van der Waals surface area contributed by atoms with E-state index in [-0.39, 0.29) is 17.8 Å². The molecule has 0 bridgehead atoms. The van der Waals surface area contributed by atoms with Crippen molar-refractivity contribution in [2.45, 2.75) is 45.9 Å². The van der Waals surface area contributed by atoms with E-state index in [1.54, 1.807) is 18.1 Å². The van der Waals surface area contributed by atoms with Gasteiger partial charge in [-0.25, -0.2) is 9.67 Å². The molecule has 0 radical (unpaired) electrons. The maximum Gasteiger partial charge on any atom is 0.167 e. The molecule has 1 atom stereocenters. The summed E-state index contributed by atoms with van der Waals surface area (Å²) < 4.78 is 13.1. The Morgan fingerprint density at radius 2 is 2.06 bits per heavy atom. The molecule has 1 saturated heterocycles. The standard InChI is InChI=1S/C26H32N4O3/c1-19(2)33-24-8-4-6-21(13-24)26(31)22-7-5-11-29(15-22)14-20-9-10-25(32-3)23(12-20)16-30-18-27-17-28-30/h4,6,8-10,12-13,17-19,22H,5,7,11,14-16H2,1-3H3/t22-/m0/s1. The molecule has 1 fully saturated rings. The second-order valence-corrected chi connectivity index (χ2v) is 8.87. The molecule has 7 nitrogen and oxygen atoms in total. The zero-order valence-corrected chi connectivity index (χ0v) is 19.6. The first kappa shape index (κ1) is 23.0. The van der Waals surface area contributed by atoms with Gasteiger partial charge in [0.15, 0.2) is 5.78 Å². The van der Waals surface area contributed by atoms with E-state index in [4.69, 9.17) is 9.47 Å². The van der Waals surface area contributed by atoms with Crippen molar-refractivity contribution in [2.75, 3.05) is 20.2 Å². The first-order valence-electron chi connectivity index (χ1n) is 11.5. The van der Waals surface area contributed by atoms with E-state index in [1.165, 1.54) is 11.9 Å². The number of hydrogen-bond acceptors (Lipinski definition) is 6. The third kappa shape index (κ3) is 5.99. The number of ketones is 1. The Morgan fingerprint density at radius 3 is 2.82 bits per heavy atom. The van der Waals surface area contributed by atoms with E-state index in [2.05, 4.69) is 27.1 Å². The van der Waals surface area contributed by atoms with E-state index >= 15 is 0 Å². The van der Waals surface area contributed by atoms with Crippen LogP contribution >= 0.6 is 0 Å². The van der Waals surface area contributed by atoms with Gasteiger partial charge in [0.1, 0.15) is 24.2 Å². The number of benzene rings is 2. The van der Waals surface area contributed by atoms with Crippen LogP contribution in [0.2, 0.25) is 0 Å². The molecule has 3 aromatic rings. The van der Waals surface area contributed by atoms with Gasteiger partial charge in [-0.2, -0.15) is 5.10 Å². The lowest BCUT2D eigenvalue weighted by Gasteiger charge is -2.32. The largest absolute Gasteiger partial charge is 0.496 e. The van der Waals surface area contributed by atoms with Crippen molar-refractivity contribution >= 4 is 5.78 Å². The number of ether oxygens (including phenoxy) is 2. The van der Waals surface area contributed by atoms with Gasteiger partial charge in [0.05, 0.1) is 19.8 Å². The molecule has 1 aromatic heterocycles. The molecule has 0 unspecified atom stereocenters. The Balaban J connectivity index is 1.43. The summed E-state index contributed by atoms with van der Waals surface area (Å²) in [7, 11) is 1.68. The molecule has 174 valence electrons. The Labute approximate surface area is 195 Å². The summed E-state index contributed by atoms with van der Waals surface area (Å²) in [5, 5.41) is 4.21. The lowest BCUT2D eigenvalue weighted by Crippen LogP contribution is -2.38. The maximum atomic E-state index is 13.2. The van der Waals surface area contributed by atoms with Crippen LogP contribution in [0.5, 0.6) is 11.5 Å². The normalized spacial score (nSPS) is 16.7. The highest BCUT2D eigenvalue weighted by Crippen LogP contribution is 2.26. The second-order valence-electron chi connectivity index (χ2n) is 8.87. The van der Waals surface area contributed by atoms with Crippen LogP contribution in [0.15, 0.2) is 55.1 Å². The van der Waals surface area contributed by atoms with Crippen molar-refractivity contribution in [3.05, 3.63) is 71.8 Å². The predicted octanol–water partition coefficient (Wildman–Crippen LogP) is 4.22. The maximum absolute atomic E-state index is 13.2. The van der Waals surface area contributed by atoms with Crippen LogP contribution in [0, 0.1) is 5.92 Å². The number of nitrogens with zero attached hydrogens (tertiary/aromatic N) is 4. The Morgan fingerprint density at radius 1 is 1.18 bits per heavy atom. The van der Waals surface area contributed by atoms with Gasteiger partial charge in [0, 0.05) is 30.1 Å². The van der Waals surface area contributed by atoms with Crippen molar-refractivity contribution in [1.82, 2.24) is 19.7 Å². The summed E-state index contributed by atoms with van der Waals surface area (Å²) in [6.07, 6.45) is 5.25. The molecule has 2 heterocycles. The Hall–Kier alpha value is -3.19. The summed E-state index contributed by atoms with van der Waals surface area (Å²) in [5.41, 5.74) is 3.00. The van der Waals surface area contributed by atoms with E-state index in [0.29, 0.717) is 6.54 Å². The minimum absolute atomic E-state index is 0.000849. The van der Waals surface area contributed by atoms with Crippen LogP contribution < -0.4 is 9.47 Å². The third-order valence-electron chi connectivity index (χ3n) is 5.92. The number of hydrogen-bond donors (Lipinski definition) is 0. The molecular weight excluding hydrogens is 416 g/mol. The highest BCUT2D eigenvalue weighted by atomic mass is 16.5. The number of methoxy groups -OCH3 is 1. The van der Waals surface area contributed by atoms with Crippen molar-refractivity contribution in [3.8, 4) is 11.5 Å². The molecule has 1 aliphatic rings. The summed E-state index contributed by atoms with van der Waals surface area (Å²) in [4.78, 5) is 19.6. The van der Waals surface area contributed by atoms with Crippen LogP contribution in [-0.4, -0.2) is 51.8 Å². The van der Waals surface area contributed by atoms with E-state index < -0.39 is 0 Å². The highest BCUT2D eigenvalue weighted by molar-refractivity contribution is 5.98. The predicted molar refractivity (Wildman–Crippen MR) is 127 cm³/mol. The molecule has 0 saturated carbocycles. The fourth-order valence-corrected chi connectivity index (χ4v) is 4.44. The lowest BCUT2D eigenvalue weighted by molar-refractivity contribution is 0.0811. The summed E-state index contributed by atoms with van der Waals surface area (Å²) in [5.74, 6) is 1.79. The average Bonchev–Trinajstić information content (AvgIpc) is 3.32. The van der Waals surface area contributed by atoms with Gasteiger partial charge >= 0.3 is 0 Å². The van der Waals surface area contributed by atoms with E-state index in [0.717, 1.165) is 55.1 Å². The summed E-state index contributed by atoms with van der Waals surface area (Å²) >= 11 is 0. The molecule has 0 amide bonds. The number of carbonyl (C=O) groups is 1. The molecule has 0 spiro atoms. The number of rotatable bonds is 9. The van der Waals surface area contributed by atoms with Crippen LogP contribution in [0.1, 0.15) is 48.2 Å². The number of carbonyl (C=O) groups excluding carboxylic acids is 1. The Kier molecular flexibility index (Phi) is 7.40. The zero-order chi connectivity index (χ0) is 23.2. The number of Topliss-reactive ketones (excluding diaryl/α,β-unsaturated/α-hetero) is 1. The van der Waals surface area contributed by atoms with Crippen LogP contribution in [0.3, 0.4) is 0 Å². The van der Waals surface area contributed by atoms with Gasteiger partial charge in [0.2, 0.25) is 0 Å². The zero-order valence-electron chi connectivity index (χ0n) is 19.6. The molecule has 1 aliphatic heterocycles. The van der Waals surface area contributed by atoms with Crippen LogP contribution in [-0.2, 0) is 13.1 Å². The van der Waals surface area contributed by atoms with Crippen molar-refractivity contribution in [2.24, 2.45) is 5.92 Å². The van der Waals surface area contributed by atoms with Gasteiger partial charge in [-0.15, -0.1) is 0 Å². The first-order chi connectivity index (χ1) is 16.0. The van der Waals surface area contributed by atoms with Gasteiger partial charge in [-0.1, -0.05) is 18.2 Å². The van der Waals surface area contributed by atoms with E-state index in [1.807, 2.05) is 44.2 Å². The smallest absolute Gasteiger partial charge is 0.167 e. The number of aromatic nitrogens is 3. The topological polar surface area (TPSA) is 69.5 Å². The molecule has 4 rings (SSSR count). The molecule has 0 aliphatic carbocycles. The van der Waals surface area contributed by atoms with Gasteiger partial charge < -0.3 is 9.47 Å².